The molecule has 0 radical (unpaired) electrons. The fourth-order valence-electron chi connectivity index (χ4n) is 4.69. The molecule has 0 spiro atoms. The Kier molecular flexibility index (Phi) is 5.55. The van der Waals surface area contributed by atoms with Crippen molar-refractivity contribution in [3.63, 3.8) is 0 Å². The number of aldehydes is 1. The van der Waals surface area contributed by atoms with Gasteiger partial charge in [-0.3, -0.25) is 4.79 Å². The summed E-state index contributed by atoms with van der Waals surface area (Å²) >= 11 is 6.52. The molecule has 1 heterocycles. The molecular weight excluding hydrogens is 432 g/mol. The topological polar surface area (TPSA) is 55.1 Å². The van der Waals surface area contributed by atoms with E-state index in [-0.39, 0.29) is 17.2 Å². The molecule has 0 aliphatic carbocycles. The summed E-state index contributed by atoms with van der Waals surface area (Å²) in [7, 11) is 0. The lowest BCUT2D eigenvalue weighted by Crippen LogP contribution is -2.38. The number of carbonyl (C=O) groups is 1. The third-order valence-electron chi connectivity index (χ3n) is 6.15. The number of hydrogen-bond acceptors (Lipinski definition) is 3. The highest BCUT2D eigenvalue weighted by Gasteiger charge is 2.40. The second kappa shape index (κ2) is 8.66. The highest BCUT2D eigenvalue weighted by Crippen LogP contribution is 2.43. The van der Waals surface area contributed by atoms with Crippen molar-refractivity contribution in [1.29, 1.82) is 0 Å². The molecule has 0 unspecified atom stereocenters. The summed E-state index contributed by atoms with van der Waals surface area (Å²) in [6.45, 7) is -0.314. The molecule has 1 aromatic heterocycles. The first-order chi connectivity index (χ1) is 16.2. The van der Waals surface area contributed by atoms with E-state index in [1.807, 2.05) is 59.3 Å². The van der Waals surface area contributed by atoms with Gasteiger partial charge in [0.25, 0.3) is 0 Å². The van der Waals surface area contributed by atoms with E-state index >= 15 is 0 Å². The number of aromatic nitrogens is 2. The number of carbonyl (C=O) groups excluding carboxylic acids is 1. The number of nitrogens with zero attached hydrogens (tertiary/aromatic N) is 2. The number of hydrogen-bond donors (Lipinski definition) is 1. The zero-order valence-corrected chi connectivity index (χ0v) is 18.5. The zero-order valence-electron chi connectivity index (χ0n) is 17.7. The van der Waals surface area contributed by atoms with Gasteiger partial charge in [-0.25, -0.2) is 4.68 Å². The Labute approximate surface area is 196 Å². The predicted octanol–water partition coefficient (Wildman–Crippen LogP) is 5.83. The van der Waals surface area contributed by atoms with Crippen molar-refractivity contribution >= 4 is 28.8 Å². The van der Waals surface area contributed by atoms with Crippen LogP contribution < -0.4 is 0 Å². The highest BCUT2D eigenvalue weighted by atomic mass is 35.5. The van der Waals surface area contributed by atoms with Crippen molar-refractivity contribution in [1.82, 2.24) is 9.78 Å². The monoisotopic (exact) mass is 452 g/mol. The lowest BCUT2D eigenvalue weighted by molar-refractivity contribution is 0.112. The first-order valence-electron chi connectivity index (χ1n) is 10.6. The Morgan fingerprint density at radius 1 is 0.848 bits per heavy atom. The molecule has 1 N–H and O–H groups in total. The molecule has 4 nitrogen and oxygen atoms in total. The summed E-state index contributed by atoms with van der Waals surface area (Å²) in [5.74, 6) is 0. The molecule has 5 aromatic rings. The van der Waals surface area contributed by atoms with Gasteiger partial charge in [0.1, 0.15) is 5.54 Å². The van der Waals surface area contributed by atoms with Crippen LogP contribution in [0.5, 0.6) is 0 Å². The summed E-state index contributed by atoms with van der Waals surface area (Å²) in [5.41, 5.74) is 3.74. The van der Waals surface area contributed by atoms with Gasteiger partial charge >= 0.3 is 0 Å². The minimum absolute atomic E-state index is 0.284. The van der Waals surface area contributed by atoms with E-state index in [4.69, 9.17) is 16.7 Å². The van der Waals surface area contributed by atoms with Crippen LogP contribution in [0.1, 0.15) is 32.6 Å². The second-order valence-electron chi connectivity index (χ2n) is 7.82. The number of halogens is 1. The fraction of sp³-hybridized carbons (Fsp3) is 0.0714. The third kappa shape index (κ3) is 3.27. The molecule has 0 saturated heterocycles. The van der Waals surface area contributed by atoms with Crippen molar-refractivity contribution < 1.29 is 9.90 Å². The van der Waals surface area contributed by atoms with E-state index < -0.39 is 5.54 Å². The molecule has 0 fully saturated rings. The van der Waals surface area contributed by atoms with Crippen molar-refractivity contribution in [3.05, 3.63) is 136 Å². The highest BCUT2D eigenvalue weighted by molar-refractivity contribution is 6.34. The van der Waals surface area contributed by atoms with Crippen LogP contribution in [0.15, 0.2) is 103 Å². The minimum atomic E-state index is -0.815. The van der Waals surface area contributed by atoms with Crippen LogP contribution in [-0.4, -0.2) is 21.2 Å². The Balaban J connectivity index is 1.98. The van der Waals surface area contributed by atoms with E-state index in [0.29, 0.717) is 17.2 Å². The molecule has 0 amide bonds. The maximum atomic E-state index is 11.7. The van der Waals surface area contributed by atoms with E-state index in [2.05, 4.69) is 36.4 Å². The van der Waals surface area contributed by atoms with Gasteiger partial charge in [-0.2, -0.15) is 5.10 Å². The molecular formula is C28H21ClN2O2. The van der Waals surface area contributed by atoms with Gasteiger partial charge in [0, 0.05) is 16.5 Å². The van der Waals surface area contributed by atoms with Crippen LogP contribution >= 0.6 is 11.6 Å². The van der Waals surface area contributed by atoms with Crippen molar-refractivity contribution in [3.8, 4) is 0 Å². The number of aliphatic hydroxyl groups is 1. The van der Waals surface area contributed by atoms with Crippen LogP contribution in [0, 0.1) is 0 Å². The summed E-state index contributed by atoms with van der Waals surface area (Å²) in [4.78, 5) is 11.7. The maximum Gasteiger partial charge on any atom is 0.151 e. The van der Waals surface area contributed by atoms with Crippen LogP contribution in [0.25, 0.3) is 10.9 Å². The second-order valence-corrected chi connectivity index (χ2v) is 8.23. The van der Waals surface area contributed by atoms with Gasteiger partial charge in [0.05, 0.1) is 23.3 Å². The Bertz CT molecular complexity index is 1320. The Hall–Kier alpha value is -3.73. The molecule has 5 heteroatoms. The van der Waals surface area contributed by atoms with Crippen LogP contribution in [0.3, 0.4) is 0 Å². The van der Waals surface area contributed by atoms with E-state index in [9.17, 15) is 9.90 Å². The van der Waals surface area contributed by atoms with Crippen molar-refractivity contribution in [2.45, 2.75) is 12.1 Å². The van der Waals surface area contributed by atoms with Crippen molar-refractivity contribution in [2.75, 3.05) is 0 Å². The number of fused-ring (bicyclic) bond motifs is 1. The summed E-state index contributed by atoms with van der Waals surface area (Å²) < 4.78 is 1.95. The summed E-state index contributed by atoms with van der Waals surface area (Å²) in [5, 5.41) is 15.9. The Morgan fingerprint density at radius 3 is 1.76 bits per heavy atom. The third-order valence-corrected chi connectivity index (χ3v) is 6.46. The quantitative estimate of drug-likeness (QED) is 0.260. The number of aliphatic hydroxyl groups excluding tert-OH is 1. The van der Waals surface area contributed by atoms with E-state index in [0.717, 1.165) is 22.2 Å². The molecule has 0 atom stereocenters. The minimum Gasteiger partial charge on any atom is -0.392 e. The smallest absolute Gasteiger partial charge is 0.151 e. The Morgan fingerprint density at radius 2 is 1.33 bits per heavy atom. The predicted molar refractivity (Wildman–Crippen MR) is 131 cm³/mol. The van der Waals surface area contributed by atoms with Crippen LogP contribution in [0.2, 0.25) is 5.02 Å². The van der Waals surface area contributed by atoms with Crippen LogP contribution in [0.4, 0.5) is 0 Å². The summed E-state index contributed by atoms with van der Waals surface area (Å²) in [6, 6.07) is 32.3. The van der Waals surface area contributed by atoms with Gasteiger partial charge in [-0.1, -0.05) is 103 Å². The fourth-order valence-corrected chi connectivity index (χ4v) is 4.95. The average molecular weight is 453 g/mol. The van der Waals surface area contributed by atoms with Gasteiger partial charge < -0.3 is 5.11 Å². The zero-order chi connectivity index (χ0) is 22.8. The lowest BCUT2D eigenvalue weighted by atomic mass is 9.77. The first kappa shape index (κ1) is 21.1. The number of benzene rings is 4. The first-order valence-corrected chi connectivity index (χ1v) is 11.0. The SMILES string of the molecule is O=Cc1c(Cl)cc2c(cnn2C(c2ccccc2)(c2ccccc2)c2ccccc2)c1CO. The van der Waals surface area contributed by atoms with Gasteiger partial charge in [-0.05, 0) is 22.8 Å². The number of rotatable bonds is 6. The summed E-state index contributed by atoms with van der Waals surface area (Å²) in [6.07, 6.45) is 2.39. The molecule has 0 bridgehead atoms. The maximum absolute atomic E-state index is 11.7. The lowest BCUT2D eigenvalue weighted by Gasteiger charge is -2.37. The van der Waals surface area contributed by atoms with Gasteiger partial charge in [-0.15, -0.1) is 0 Å². The van der Waals surface area contributed by atoms with Crippen LogP contribution in [-0.2, 0) is 12.1 Å². The van der Waals surface area contributed by atoms with Gasteiger partial charge in [0.2, 0.25) is 0 Å². The molecule has 5 rings (SSSR count). The van der Waals surface area contributed by atoms with Crippen molar-refractivity contribution in [2.24, 2.45) is 0 Å². The molecule has 0 aliphatic heterocycles. The van der Waals surface area contributed by atoms with E-state index in [1.165, 1.54) is 0 Å². The molecule has 33 heavy (non-hydrogen) atoms. The van der Waals surface area contributed by atoms with Gasteiger partial charge in [0.15, 0.2) is 6.29 Å². The molecule has 162 valence electrons. The molecule has 4 aromatic carbocycles. The standard InChI is InChI=1S/C28H21ClN2O2/c29-26-16-27-23(24(18-32)25(26)19-33)17-30-31(27)28(20-10-4-1-5-11-20,21-12-6-2-7-13-21)22-14-8-3-9-15-22/h1-17,19,32H,18H2. The normalized spacial score (nSPS) is 11.6. The van der Waals surface area contributed by atoms with E-state index in [1.54, 1.807) is 12.3 Å². The molecule has 0 saturated carbocycles. The molecule has 0 aliphatic rings. The average Bonchev–Trinajstić information content (AvgIpc) is 3.29. The largest absolute Gasteiger partial charge is 0.392 e.